The van der Waals surface area contributed by atoms with Crippen molar-refractivity contribution in [2.45, 2.75) is 25.8 Å². The summed E-state index contributed by atoms with van der Waals surface area (Å²) in [5.41, 5.74) is 2.47. The Morgan fingerprint density at radius 3 is 2.32 bits per heavy atom. The Hall–Kier alpha value is -2.18. The molecule has 2 aromatic rings. The van der Waals surface area contributed by atoms with Crippen LogP contribution in [0.5, 0.6) is 0 Å². The predicted molar refractivity (Wildman–Crippen MR) is 101 cm³/mol. The number of hydrogen-bond donors (Lipinski definition) is 3. The van der Waals surface area contributed by atoms with E-state index in [1.165, 1.54) is 16.0 Å². The standard InChI is InChI=1S/C19H25N3O2S/c1-13(2)14-6-8-15(9-7-14)19(16-5-4-10-25-16)22-12-18(24)21-11-17(23)20-3/h4-10,13,19,22H,11-12H2,1-3H3,(H,20,23)(H,21,24)/p+1/t19-/m0/s1. The highest BCUT2D eigenvalue weighted by Crippen LogP contribution is 2.24. The fourth-order valence-corrected chi connectivity index (χ4v) is 3.39. The first kappa shape index (κ1) is 19.1. The summed E-state index contributed by atoms with van der Waals surface area (Å²) in [5, 5.41) is 9.17. The SMILES string of the molecule is CNC(=O)CNC(=O)C[NH2+][C@@H](c1ccc(C(C)C)cc1)c1cccs1. The van der Waals surface area contributed by atoms with Crippen molar-refractivity contribution < 1.29 is 14.9 Å². The number of rotatable bonds is 8. The van der Waals surface area contributed by atoms with E-state index in [2.05, 4.69) is 54.8 Å². The van der Waals surface area contributed by atoms with Gasteiger partial charge in [0.25, 0.3) is 5.91 Å². The Labute approximate surface area is 152 Å². The highest BCUT2D eigenvalue weighted by Gasteiger charge is 2.20. The van der Waals surface area contributed by atoms with E-state index in [4.69, 9.17) is 0 Å². The molecule has 5 nitrogen and oxygen atoms in total. The second kappa shape index (κ2) is 9.34. The number of thiophene rings is 1. The summed E-state index contributed by atoms with van der Waals surface area (Å²) in [4.78, 5) is 24.4. The third kappa shape index (κ3) is 5.69. The lowest BCUT2D eigenvalue weighted by molar-refractivity contribution is -0.676. The van der Waals surface area contributed by atoms with Crippen LogP contribution in [0.2, 0.25) is 0 Å². The second-order valence-corrected chi connectivity index (χ2v) is 7.18. The maximum atomic E-state index is 12.0. The predicted octanol–water partition coefficient (Wildman–Crippen LogP) is 1.39. The molecule has 0 spiro atoms. The normalized spacial score (nSPS) is 12.0. The zero-order valence-corrected chi connectivity index (χ0v) is 15.7. The van der Waals surface area contributed by atoms with E-state index in [-0.39, 0.29) is 30.9 Å². The first-order chi connectivity index (χ1) is 12.0. The lowest BCUT2D eigenvalue weighted by atomic mass is 9.98. The molecule has 4 N–H and O–H groups in total. The van der Waals surface area contributed by atoms with E-state index in [0.717, 1.165) is 0 Å². The number of benzene rings is 1. The van der Waals surface area contributed by atoms with Gasteiger partial charge in [0.1, 0.15) is 6.04 Å². The van der Waals surface area contributed by atoms with Crippen molar-refractivity contribution in [2.24, 2.45) is 0 Å². The molecule has 0 fully saturated rings. The first-order valence-electron chi connectivity index (χ1n) is 8.45. The van der Waals surface area contributed by atoms with Crippen LogP contribution in [0, 0.1) is 0 Å². The molecule has 0 aliphatic heterocycles. The molecule has 0 bridgehead atoms. The molecule has 2 amide bonds. The maximum Gasteiger partial charge on any atom is 0.275 e. The van der Waals surface area contributed by atoms with Crippen LogP contribution in [0.25, 0.3) is 0 Å². The molecule has 1 aromatic heterocycles. The van der Waals surface area contributed by atoms with Crippen molar-refractivity contribution in [3.63, 3.8) is 0 Å². The van der Waals surface area contributed by atoms with Gasteiger partial charge in [-0.2, -0.15) is 0 Å². The molecule has 6 heteroatoms. The van der Waals surface area contributed by atoms with Gasteiger partial charge in [-0.05, 0) is 22.9 Å². The van der Waals surface area contributed by atoms with E-state index in [9.17, 15) is 9.59 Å². The maximum absolute atomic E-state index is 12.0. The van der Waals surface area contributed by atoms with Crippen LogP contribution in [0.15, 0.2) is 41.8 Å². The number of carbonyl (C=O) groups excluding carboxylic acids is 2. The molecule has 0 unspecified atom stereocenters. The second-order valence-electron chi connectivity index (χ2n) is 6.20. The molecule has 1 atom stereocenters. The van der Waals surface area contributed by atoms with Gasteiger partial charge in [-0.1, -0.05) is 44.2 Å². The van der Waals surface area contributed by atoms with Gasteiger partial charge in [-0.25, -0.2) is 0 Å². The van der Waals surface area contributed by atoms with Crippen molar-refractivity contribution >= 4 is 23.2 Å². The zero-order valence-electron chi connectivity index (χ0n) is 14.9. The Morgan fingerprint density at radius 1 is 1.08 bits per heavy atom. The summed E-state index contributed by atoms with van der Waals surface area (Å²) in [6.45, 7) is 4.63. The molecule has 1 aromatic carbocycles. The minimum absolute atomic E-state index is 0.00985. The van der Waals surface area contributed by atoms with Crippen LogP contribution in [0.4, 0.5) is 0 Å². The summed E-state index contributed by atoms with van der Waals surface area (Å²) in [6, 6.07) is 12.8. The third-order valence-corrected chi connectivity index (χ3v) is 5.03. The summed E-state index contributed by atoms with van der Waals surface area (Å²) < 4.78 is 0. The van der Waals surface area contributed by atoms with Gasteiger partial charge in [-0.3, -0.25) is 9.59 Å². The molecule has 0 radical (unpaired) electrons. The van der Waals surface area contributed by atoms with E-state index in [0.29, 0.717) is 5.92 Å². The Morgan fingerprint density at radius 2 is 1.76 bits per heavy atom. The molecule has 1 heterocycles. The van der Waals surface area contributed by atoms with Gasteiger partial charge in [0.15, 0.2) is 6.54 Å². The van der Waals surface area contributed by atoms with Gasteiger partial charge in [0.05, 0.1) is 11.4 Å². The average molecular weight is 361 g/mol. The fraction of sp³-hybridized carbons (Fsp3) is 0.368. The largest absolute Gasteiger partial charge is 0.358 e. The molecule has 25 heavy (non-hydrogen) atoms. The molecule has 0 saturated heterocycles. The smallest absolute Gasteiger partial charge is 0.275 e. The molecule has 2 rings (SSSR count). The summed E-state index contributed by atoms with van der Waals surface area (Å²) in [6.07, 6.45) is 0. The molecular formula is C19H26N3O2S+. The van der Waals surface area contributed by atoms with Crippen molar-refractivity contribution in [1.29, 1.82) is 0 Å². The quantitative estimate of drug-likeness (QED) is 0.665. The van der Waals surface area contributed by atoms with Gasteiger partial charge in [-0.15, -0.1) is 11.3 Å². The highest BCUT2D eigenvalue weighted by molar-refractivity contribution is 7.10. The Bertz CT molecular complexity index is 681. The number of nitrogens with two attached hydrogens (primary N) is 1. The van der Waals surface area contributed by atoms with Gasteiger partial charge < -0.3 is 16.0 Å². The number of likely N-dealkylation sites (N-methyl/N-ethyl adjacent to an activating group) is 1. The third-order valence-electron chi connectivity index (χ3n) is 4.08. The lowest BCUT2D eigenvalue weighted by Gasteiger charge is -2.16. The topological polar surface area (TPSA) is 74.8 Å². The van der Waals surface area contributed by atoms with E-state index >= 15 is 0 Å². The molecule has 0 saturated carbocycles. The summed E-state index contributed by atoms with van der Waals surface area (Å²) in [7, 11) is 1.55. The minimum atomic E-state index is -0.201. The van der Waals surface area contributed by atoms with Gasteiger partial charge in [0.2, 0.25) is 5.91 Å². The molecular weight excluding hydrogens is 334 g/mol. The number of quaternary nitrogens is 1. The monoisotopic (exact) mass is 360 g/mol. The summed E-state index contributed by atoms with van der Waals surface area (Å²) >= 11 is 1.68. The van der Waals surface area contributed by atoms with Crippen LogP contribution in [-0.4, -0.2) is 32.0 Å². The van der Waals surface area contributed by atoms with Crippen LogP contribution in [0.1, 0.15) is 41.8 Å². The fourth-order valence-electron chi connectivity index (χ4n) is 2.54. The molecule has 0 aliphatic rings. The number of hydrogen-bond acceptors (Lipinski definition) is 3. The van der Waals surface area contributed by atoms with Gasteiger partial charge in [0, 0.05) is 12.6 Å². The Balaban J connectivity index is 2.04. The number of amides is 2. The van der Waals surface area contributed by atoms with Crippen molar-refractivity contribution in [1.82, 2.24) is 10.6 Å². The Kier molecular flexibility index (Phi) is 7.16. The zero-order chi connectivity index (χ0) is 18.2. The van der Waals surface area contributed by atoms with Crippen LogP contribution < -0.4 is 16.0 Å². The lowest BCUT2D eigenvalue weighted by Crippen LogP contribution is -2.87. The van der Waals surface area contributed by atoms with Gasteiger partial charge >= 0.3 is 0 Å². The summed E-state index contributed by atoms with van der Waals surface area (Å²) in [5.74, 6) is 0.144. The molecule has 0 aliphatic carbocycles. The average Bonchev–Trinajstić information content (AvgIpc) is 3.14. The highest BCUT2D eigenvalue weighted by atomic mass is 32.1. The van der Waals surface area contributed by atoms with E-state index < -0.39 is 0 Å². The van der Waals surface area contributed by atoms with Crippen LogP contribution >= 0.6 is 11.3 Å². The van der Waals surface area contributed by atoms with Crippen LogP contribution in [-0.2, 0) is 9.59 Å². The van der Waals surface area contributed by atoms with Crippen molar-refractivity contribution in [3.8, 4) is 0 Å². The molecule has 134 valence electrons. The van der Waals surface area contributed by atoms with Crippen LogP contribution in [0.3, 0.4) is 0 Å². The van der Waals surface area contributed by atoms with Crippen molar-refractivity contribution in [3.05, 3.63) is 57.8 Å². The van der Waals surface area contributed by atoms with Crippen molar-refractivity contribution in [2.75, 3.05) is 20.1 Å². The minimum Gasteiger partial charge on any atom is -0.358 e. The number of carbonyl (C=O) groups is 2. The van der Waals surface area contributed by atoms with E-state index in [1.807, 2.05) is 16.8 Å². The van der Waals surface area contributed by atoms with E-state index in [1.54, 1.807) is 18.4 Å². The first-order valence-corrected chi connectivity index (χ1v) is 9.33. The number of nitrogens with one attached hydrogen (secondary N) is 2.